The van der Waals surface area contributed by atoms with Gasteiger partial charge in [-0.25, -0.2) is 19.3 Å². The van der Waals surface area contributed by atoms with Crippen LogP contribution in [-0.4, -0.2) is 37.1 Å². The molecule has 3 aromatic rings. The van der Waals surface area contributed by atoms with Gasteiger partial charge in [0, 0.05) is 29.4 Å². The number of halogens is 2. The highest BCUT2D eigenvalue weighted by molar-refractivity contribution is 6.31. The first-order valence-corrected chi connectivity index (χ1v) is 10.0. The highest BCUT2D eigenvalue weighted by atomic mass is 35.5. The van der Waals surface area contributed by atoms with Crippen LogP contribution in [-0.2, 0) is 4.79 Å². The lowest BCUT2D eigenvalue weighted by molar-refractivity contribution is -0.148. The second-order valence-electron chi connectivity index (χ2n) is 7.85. The van der Waals surface area contributed by atoms with Crippen LogP contribution in [0.3, 0.4) is 0 Å². The summed E-state index contributed by atoms with van der Waals surface area (Å²) in [5.74, 6) is -1.29. The first-order valence-electron chi connectivity index (χ1n) is 9.66. The van der Waals surface area contributed by atoms with Gasteiger partial charge in [-0.3, -0.25) is 4.79 Å². The number of hydrogen-bond acceptors (Lipinski definition) is 5. The van der Waals surface area contributed by atoms with Crippen LogP contribution in [0.1, 0.15) is 25.7 Å². The summed E-state index contributed by atoms with van der Waals surface area (Å²) in [4.78, 5) is 27.6. The van der Waals surface area contributed by atoms with Gasteiger partial charge in [0.2, 0.25) is 0 Å². The fourth-order valence-electron chi connectivity index (χ4n) is 4.93. The first-order chi connectivity index (χ1) is 14.0. The summed E-state index contributed by atoms with van der Waals surface area (Å²) in [7, 11) is 0. The predicted molar refractivity (Wildman–Crippen MR) is 106 cm³/mol. The second-order valence-corrected chi connectivity index (χ2v) is 8.29. The number of nitrogens with zero attached hydrogens (tertiary/aromatic N) is 3. The molecule has 0 saturated heterocycles. The van der Waals surface area contributed by atoms with E-state index in [4.69, 9.17) is 11.6 Å². The van der Waals surface area contributed by atoms with Gasteiger partial charge in [-0.05, 0) is 43.6 Å². The average molecular weight is 416 g/mol. The van der Waals surface area contributed by atoms with Crippen LogP contribution in [0.25, 0.3) is 22.4 Å². The molecule has 0 aromatic carbocycles. The second kappa shape index (κ2) is 6.95. The molecule has 2 atom stereocenters. The molecule has 0 aliphatic heterocycles. The molecule has 150 valence electrons. The van der Waals surface area contributed by atoms with Crippen molar-refractivity contribution in [2.45, 2.75) is 31.7 Å². The molecule has 3 aromatic heterocycles. The van der Waals surface area contributed by atoms with E-state index in [-0.39, 0.29) is 23.7 Å². The van der Waals surface area contributed by atoms with Crippen molar-refractivity contribution in [1.82, 2.24) is 19.9 Å². The summed E-state index contributed by atoms with van der Waals surface area (Å²) in [6.45, 7) is 0. The summed E-state index contributed by atoms with van der Waals surface area (Å²) in [6.07, 6.45) is 8.09. The van der Waals surface area contributed by atoms with Gasteiger partial charge in [-0.1, -0.05) is 11.6 Å². The zero-order valence-corrected chi connectivity index (χ0v) is 16.2. The van der Waals surface area contributed by atoms with Crippen molar-refractivity contribution in [3.63, 3.8) is 0 Å². The molecule has 0 unspecified atom stereocenters. The van der Waals surface area contributed by atoms with Crippen LogP contribution >= 0.6 is 11.6 Å². The van der Waals surface area contributed by atoms with Crippen molar-refractivity contribution in [2.24, 2.45) is 17.8 Å². The quantitative estimate of drug-likeness (QED) is 0.592. The van der Waals surface area contributed by atoms with Crippen molar-refractivity contribution in [1.29, 1.82) is 0 Å². The number of carboxylic acid groups (broad SMARTS) is 1. The number of carbonyl (C=O) groups is 1. The van der Waals surface area contributed by atoms with Crippen LogP contribution in [0.2, 0.25) is 5.02 Å². The Kier molecular flexibility index (Phi) is 4.38. The van der Waals surface area contributed by atoms with E-state index in [0.717, 1.165) is 37.3 Å². The van der Waals surface area contributed by atoms with Crippen LogP contribution in [0.15, 0.2) is 24.7 Å². The Labute approximate surface area is 170 Å². The first kappa shape index (κ1) is 18.3. The number of anilines is 1. The molecule has 7 nitrogen and oxygen atoms in total. The van der Waals surface area contributed by atoms with E-state index >= 15 is 0 Å². The van der Waals surface area contributed by atoms with Crippen LogP contribution in [0.4, 0.5) is 10.2 Å². The molecule has 3 N–H and O–H groups in total. The lowest BCUT2D eigenvalue weighted by Gasteiger charge is -2.47. The summed E-state index contributed by atoms with van der Waals surface area (Å²) < 4.78 is 14.5. The Morgan fingerprint density at radius 3 is 2.72 bits per heavy atom. The third-order valence-electron chi connectivity index (χ3n) is 6.29. The van der Waals surface area contributed by atoms with Crippen LogP contribution < -0.4 is 5.32 Å². The van der Waals surface area contributed by atoms with Crippen molar-refractivity contribution in [3.05, 3.63) is 35.5 Å². The molecule has 6 rings (SSSR count). The van der Waals surface area contributed by atoms with Gasteiger partial charge in [0.05, 0.1) is 17.1 Å². The van der Waals surface area contributed by atoms with E-state index in [2.05, 4.69) is 25.3 Å². The molecule has 3 fully saturated rings. The molecule has 29 heavy (non-hydrogen) atoms. The number of aliphatic carboxylic acids is 1. The number of rotatable bonds is 4. The maximum absolute atomic E-state index is 14.5. The zero-order chi connectivity index (χ0) is 20.1. The van der Waals surface area contributed by atoms with Gasteiger partial charge in [0.15, 0.2) is 17.5 Å². The highest BCUT2D eigenvalue weighted by Gasteiger charge is 2.47. The van der Waals surface area contributed by atoms with E-state index in [1.54, 1.807) is 12.3 Å². The molecule has 0 spiro atoms. The molecule has 2 bridgehead atoms. The lowest BCUT2D eigenvalue weighted by atomic mass is 9.61. The predicted octanol–water partition coefficient (Wildman–Crippen LogP) is 4.11. The van der Waals surface area contributed by atoms with Gasteiger partial charge in [0.25, 0.3) is 0 Å². The van der Waals surface area contributed by atoms with Gasteiger partial charge in [-0.15, -0.1) is 0 Å². The molecule has 0 amide bonds. The molecule has 3 heterocycles. The normalized spacial score (nSPS) is 26.0. The summed E-state index contributed by atoms with van der Waals surface area (Å²) in [5, 5.41) is 14.1. The van der Waals surface area contributed by atoms with Gasteiger partial charge in [0.1, 0.15) is 5.65 Å². The van der Waals surface area contributed by atoms with Gasteiger partial charge < -0.3 is 15.4 Å². The molecule has 9 heteroatoms. The van der Waals surface area contributed by atoms with Crippen molar-refractivity contribution in [3.8, 4) is 11.4 Å². The molecule has 3 aliphatic carbocycles. The minimum atomic E-state index is -0.830. The number of pyridine rings is 1. The number of fused-ring (bicyclic) bond motifs is 4. The fourth-order valence-corrected chi connectivity index (χ4v) is 5.09. The Bertz CT molecular complexity index is 1100. The van der Waals surface area contributed by atoms with Crippen LogP contribution in [0, 0.1) is 23.6 Å². The molecular weight excluding hydrogens is 397 g/mol. The Morgan fingerprint density at radius 2 is 1.97 bits per heavy atom. The number of hydrogen-bond donors (Lipinski definition) is 3. The lowest BCUT2D eigenvalue weighted by Crippen LogP contribution is -2.51. The number of aromatic nitrogens is 4. The molecular formula is C20H19ClFN5O2. The minimum Gasteiger partial charge on any atom is -0.481 e. The van der Waals surface area contributed by atoms with Crippen molar-refractivity contribution in [2.75, 3.05) is 5.32 Å². The topological polar surface area (TPSA) is 104 Å². The summed E-state index contributed by atoms with van der Waals surface area (Å²) >= 11 is 6.06. The largest absolute Gasteiger partial charge is 0.481 e. The molecule has 0 radical (unpaired) electrons. The van der Waals surface area contributed by atoms with Gasteiger partial charge in [-0.2, -0.15) is 0 Å². The smallest absolute Gasteiger partial charge is 0.308 e. The van der Waals surface area contributed by atoms with Crippen molar-refractivity contribution < 1.29 is 14.3 Å². The third-order valence-corrected chi connectivity index (χ3v) is 6.50. The van der Waals surface area contributed by atoms with E-state index in [0.29, 0.717) is 22.1 Å². The fraction of sp³-hybridized carbons (Fsp3) is 0.400. The maximum atomic E-state index is 14.5. The van der Waals surface area contributed by atoms with E-state index in [1.807, 2.05) is 0 Å². The number of aromatic amines is 1. The number of carboxylic acids is 1. The van der Waals surface area contributed by atoms with E-state index < -0.39 is 17.7 Å². The SMILES string of the molecule is O=C(O)[C@@H]1C2CCC(CC2)[C@H]1Nc1nc(-c2c[nH]c3ncc(Cl)cc23)ncc1F. The van der Waals surface area contributed by atoms with Crippen LogP contribution in [0.5, 0.6) is 0 Å². The maximum Gasteiger partial charge on any atom is 0.308 e. The summed E-state index contributed by atoms with van der Waals surface area (Å²) in [6, 6.07) is 1.41. The Hall–Kier alpha value is -2.74. The van der Waals surface area contributed by atoms with Gasteiger partial charge >= 0.3 is 5.97 Å². The van der Waals surface area contributed by atoms with E-state index in [1.165, 1.54) is 6.20 Å². The number of H-pyrrole nitrogens is 1. The van der Waals surface area contributed by atoms with E-state index in [9.17, 15) is 14.3 Å². The highest BCUT2D eigenvalue weighted by Crippen LogP contribution is 2.46. The average Bonchev–Trinajstić information content (AvgIpc) is 3.13. The molecule has 3 aliphatic rings. The molecule has 3 saturated carbocycles. The number of nitrogens with one attached hydrogen (secondary N) is 2. The monoisotopic (exact) mass is 415 g/mol. The van der Waals surface area contributed by atoms with Crippen molar-refractivity contribution >= 4 is 34.4 Å². The Morgan fingerprint density at radius 1 is 1.21 bits per heavy atom. The Balaban J connectivity index is 1.51. The third kappa shape index (κ3) is 3.11. The minimum absolute atomic E-state index is 0.0307. The zero-order valence-electron chi connectivity index (χ0n) is 15.4. The summed E-state index contributed by atoms with van der Waals surface area (Å²) in [5.41, 5.74) is 1.28. The standard InChI is InChI=1S/C20H19ClFN5O2/c21-11-5-12-13(7-24-17(12)23-6-11)18-25-8-14(22)19(27-18)26-16-10-3-1-9(2-4-10)15(16)20(28)29/h5-10,15-16H,1-4H2,(H,23,24)(H,28,29)(H,25,26,27)/t9?,10?,15-,16-/m1/s1.